The van der Waals surface area contributed by atoms with Gasteiger partial charge in [-0.1, -0.05) is 0 Å². The molecular formula is C24H27FN2O3S. The third-order valence-corrected chi connectivity index (χ3v) is 7.94. The number of sulfonamides is 1. The van der Waals surface area contributed by atoms with Crippen LogP contribution in [-0.4, -0.2) is 26.6 Å². The molecule has 1 N–H and O–H groups in total. The summed E-state index contributed by atoms with van der Waals surface area (Å²) in [5, 5.41) is 0.874. The number of methoxy groups -OCH3 is 1. The average Bonchev–Trinajstić information content (AvgIpc) is 2.78. The van der Waals surface area contributed by atoms with Crippen LogP contribution in [0.1, 0.15) is 44.1 Å². The van der Waals surface area contributed by atoms with Crippen molar-refractivity contribution in [3.8, 4) is 5.75 Å². The minimum atomic E-state index is -3.59. The van der Waals surface area contributed by atoms with Crippen LogP contribution in [0.5, 0.6) is 5.75 Å². The van der Waals surface area contributed by atoms with E-state index in [-0.39, 0.29) is 22.7 Å². The molecule has 1 aliphatic carbocycles. The van der Waals surface area contributed by atoms with E-state index in [0.717, 1.165) is 42.1 Å². The molecule has 0 bridgehead atoms. The van der Waals surface area contributed by atoms with Gasteiger partial charge < -0.3 is 4.74 Å². The van der Waals surface area contributed by atoms with Crippen molar-refractivity contribution >= 4 is 20.9 Å². The summed E-state index contributed by atoms with van der Waals surface area (Å²) in [6.07, 6.45) is 5.49. The quantitative estimate of drug-likeness (QED) is 0.582. The lowest BCUT2D eigenvalue weighted by Gasteiger charge is -2.33. The number of rotatable bonds is 6. The van der Waals surface area contributed by atoms with Crippen LogP contribution in [0.15, 0.2) is 59.6 Å². The van der Waals surface area contributed by atoms with Crippen molar-refractivity contribution in [1.29, 1.82) is 0 Å². The normalized spacial score (nSPS) is 20.5. The van der Waals surface area contributed by atoms with E-state index in [1.54, 1.807) is 49.7 Å². The van der Waals surface area contributed by atoms with Crippen LogP contribution in [0.3, 0.4) is 0 Å². The predicted octanol–water partition coefficient (Wildman–Crippen LogP) is 5.02. The molecule has 3 aromatic rings. The van der Waals surface area contributed by atoms with Crippen LogP contribution in [-0.2, 0) is 10.0 Å². The monoisotopic (exact) mass is 442 g/mol. The zero-order valence-electron chi connectivity index (χ0n) is 17.7. The van der Waals surface area contributed by atoms with Gasteiger partial charge >= 0.3 is 0 Å². The maximum absolute atomic E-state index is 13.8. The van der Waals surface area contributed by atoms with E-state index in [0.29, 0.717) is 11.7 Å². The van der Waals surface area contributed by atoms with Gasteiger partial charge in [-0.05, 0) is 98.5 Å². The molecule has 0 unspecified atom stereocenters. The molecule has 0 spiro atoms. The van der Waals surface area contributed by atoms with Crippen LogP contribution in [0.4, 0.5) is 4.39 Å². The molecule has 1 heterocycles. The SMILES string of the molecule is COc1ccc(S(=O)(=O)N[C@H](C)[C@H]2CC[C@H](c3ccnc4ccc(F)cc43)CC2)cc1. The lowest BCUT2D eigenvalue weighted by atomic mass is 9.76. The summed E-state index contributed by atoms with van der Waals surface area (Å²) in [6, 6.07) is 12.9. The van der Waals surface area contributed by atoms with Gasteiger partial charge in [0, 0.05) is 17.6 Å². The summed E-state index contributed by atoms with van der Waals surface area (Å²) >= 11 is 0. The van der Waals surface area contributed by atoms with Crippen molar-refractivity contribution in [3.05, 3.63) is 66.1 Å². The highest BCUT2D eigenvalue weighted by Gasteiger charge is 2.29. The van der Waals surface area contributed by atoms with Gasteiger partial charge in [-0.3, -0.25) is 4.98 Å². The number of hydrogen-bond acceptors (Lipinski definition) is 4. The van der Waals surface area contributed by atoms with Gasteiger partial charge in [-0.25, -0.2) is 17.5 Å². The summed E-state index contributed by atoms with van der Waals surface area (Å²) in [7, 11) is -2.04. The van der Waals surface area contributed by atoms with Crippen molar-refractivity contribution in [2.45, 2.75) is 49.5 Å². The van der Waals surface area contributed by atoms with Crippen LogP contribution >= 0.6 is 0 Å². The van der Waals surface area contributed by atoms with E-state index < -0.39 is 10.0 Å². The Morgan fingerprint density at radius 2 is 1.77 bits per heavy atom. The van der Waals surface area contributed by atoms with Crippen LogP contribution < -0.4 is 9.46 Å². The Hall–Kier alpha value is -2.51. The summed E-state index contributed by atoms with van der Waals surface area (Å²) in [4.78, 5) is 4.59. The maximum atomic E-state index is 13.8. The number of pyridine rings is 1. The number of nitrogens with one attached hydrogen (secondary N) is 1. The maximum Gasteiger partial charge on any atom is 0.240 e. The largest absolute Gasteiger partial charge is 0.497 e. The van der Waals surface area contributed by atoms with Crippen molar-refractivity contribution in [3.63, 3.8) is 0 Å². The summed E-state index contributed by atoms with van der Waals surface area (Å²) < 4.78 is 47.2. The van der Waals surface area contributed by atoms with Gasteiger partial charge in [-0.15, -0.1) is 0 Å². The molecule has 164 valence electrons. The van der Waals surface area contributed by atoms with E-state index in [9.17, 15) is 12.8 Å². The Bertz CT molecular complexity index is 1160. The molecule has 31 heavy (non-hydrogen) atoms. The Labute approximate surface area is 182 Å². The fourth-order valence-corrected chi connectivity index (χ4v) is 5.90. The highest BCUT2D eigenvalue weighted by Crippen LogP contribution is 2.39. The predicted molar refractivity (Wildman–Crippen MR) is 119 cm³/mol. The second kappa shape index (κ2) is 8.93. The van der Waals surface area contributed by atoms with Crippen molar-refractivity contribution in [2.75, 3.05) is 7.11 Å². The van der Waals surface area contributed by atoms with Crippen molar-refractivity contribution in [1.82, 2.24) is 9.71 Å². The van der Waals surface area contributed by atoms with Crippen LogP contribution in [0, 0.1) is 11.7 Å². The van der Waals surface area contributed by atoms with E-state index in [4.69, 9.17) is 4.74 Å². The standard InChI is InChI=1S/C24H27FN2O3S/c1-16(27-31(28,29)21-10-8-20(30-2)9-11-21)17-3-5-18(6-4-17)22-13-14-26-24-12-7-19(25)15-23(22)24/h7-18,27H,3-6H2,1-2H3/t16-,17-,18-/m1/s1. The number of ether oxygens (including phenoxy) is 1. The molecule has 1 atom stereocenters. The first-order valence-electron chi connectivity index (χ1n) is 10.6. The molecule has 0 amide bonds. The van der Waals surface area contributed by atoms with E-state index in [1.165, 1.54) is 6.07 Å². The molecule has 1 aliphatic rings. The Kier molecular flexibility index (Phi) is 6.25. The number of hydrogen-bond donors (Lipinski definition) is 1. The molecule has 7 heteroatoms. The first-order valence-corrected chi connectivity index (χ1v) is 12.1. The fourth-order valence-electron chi connectivity index (χ4n) is 4.59. The second-order valence-electron chi connectivity index (χ2n) is 8.26. The first-order chi connectivity index (χ1) is 14.9. The smallest absolute Gasteiger partial charge is 0.240 e. The summed E-state index contributed by atoms with van der Waals surface area (Å²) in [5.41, 5.74) is 1.94. The van der Waals surface area contributed by atoms with Crippen molar-refractivity contribution < 1.29 is 17.5 Å². The minimum Gasteiger partial charge on any atom is -0.497 e. The van der Waals surface area contributed by atoms with Crippen LogP contribution in [0.25, 0.3) is 10.9 Å². The minimum absolute atomic E-state index is 0.167. The average molecular weight is 443 g/mol. The molecule has 1 aromatic heterocycles. The topological polar surface area (TPSA) is 68.3 Å². The lowest BCUT2D eigenvalue weighted by Crippen LogP contribution is -2.39. The number of fused-ring (bicyclic) bond motifs is 1. The van der Waals surface area contributed by atoms with Crippen molar-refractivity contribution in [2.24, 2.45) is 5.92 Å². The highest BCUT2D eigenvalue weighted by molar-refractivity contribution is 7.89. The number of halogens is 1. The number of aromatic nitrogens is 1. The molecule has 5 nitrogen and oxygen atoms in total. The van der Waals surface area contributed by atoms with Gasteiger partial charge in [0.25, 0.3) is 0 Å². The summed E-state index contributed by atoms with van der Waals surface area (Å²) in [5.74, 6) is 0.953. The lowest BCUT2D eigenvalue weighted by molar-refractivity contribution is 0.281. The molecule has 0 saturated heterocycles. The van der Waals surface area contributed by atoms with Gasteiger partial charge in [-0.2, -0.15) is 0 Å². The third-order valence-electron chi connectivity index (χ3n) is 6.37. The van der Waals surface area contributed by atoms with Crippen LogP contribution in [0.2, 0.25) is 0 Å². The third kappa shape index (κ3) is 4.72. The van der Waals surface area contributed by atoms with Gasteiger partial charge in [0.15, 0.2) is 0 Å². The molecule has 1 fully saturated rings. The zero-order chi connectivity index (χ0) is 22.0. The molecular weight excluding hydrogens is 415 g/mol. The second-order valence-corrected chi connectivity index (χ2v) is 9.97. The number of benzene rings is 2. The molecule has 1 saturated carbocycles. The van der Waals surface area contributed by atoms with Gasteiger partial charge in [0.05, 0.1) is 17.5 Å². The molecule has 0 aliphatic heterocycles. The van der Waals surface area contributed by atoms with E-state index in [2.05, 4.69) is 9.71 Å². The number of nitrogens with zero attached hydrogens (tertiary/aromatic N) is 1. The van der Waals surface area contributed by atoms with Gasteiger partial charge in [0.1, 0.15) is 11.6 Å². The summed E-state index contributed by atoms with van der Waals surface area (Å²) in [6.45, 7) is 1.93. The fraction of sp³-hybridized carbons (Fsp3) is 0.375. The first kappa shape index (κ1) is 21.7. The van der Waals surface area contributed by atoms with E-state index in [1.807, 2.05) is 13.0 Å². The highest BCUT2D eigenvalue weighted by atomic mass is 32.2. The van der Waals surface area contributed by atoms with E-state index >= 15 is 0 Å². The zero-order valence-corrected chi connectivity index (χ0v) is 18.5. The Morgan fingerprint density at radius 1 is 1.06 bits per heavy atom. The van der Waals surface area contributed by atoms with Gasteiger partial charge in [0.2, 0.25) is 10.0 Å². The Balaban J connectivity index is 1.42. The molecule has 4 rings (SSSR count). The Morgan fingerprint density at radius 3 is 2.45 bits per heavy atom. The molecule has 2 aromatic carbocycles. The molecule has 0 radical (unpaired) electrons.